The molecule has 2 rings (SSSR count). The molecule has 0 aliphatic carbocycles. The van der Waals surface area contributed by atoms with Gasteiger partial charge in [-0.3, -0.25) is 14.2 Å². The van der Waals surface area contributed by atoms with E-state index in [-0.39, 0.29) is 16.3 Å². The van der Waals surface area contributed by atoms with Crippen LogP contribution in [0.3, 0.4) is 0 Å². The average Bonchev–Trinajstić information content (AvgIpc) is 2.36. The lowest BCUT2D eigenvalue weighted by Gasteiger charge is -2.07. The van der Waals surface area contributed by atoms with E-state index >= 15 is 0 Å². The third kappa shape index (κ3) is 2.63. The maximum Gasteiger partial charge on any atom is 0.323 e. The van der Waals surface area contributed by atoms with Crippen LogP contribution in [0, 0.1) is 5.82 Å². The van der Waals surface area contributed by atoms with Crippen LogP contribution in [-0.4, -0.2) is 20.6 Å². The first kappa shape index (κ1) is 13.2. The van der Waals surface area contributed by atoms with Gasteiger partial charge >= 0.3 is 5.97 Å². The molecule has 1 heterocycles. The third-order valence-electron chi connectivity index (χ3n) is 2.42. The van der Waals surface area contributed by atoms with Crippen LogP contribution in [-0.2, 0) is 11.3 Å². The summed E-state index contributed by atoms with van der Waals surface area (Å²) in [5.41, 5.74) is -0.967. The number of carboxylic acid groups (broad SMARTS) is 1. The summed E-state index contributed by atoms with van der Waals surface area (Å²) in [4.78, 5) is 25.9. The molecular weight excluding hydrogens is 275 g/mol. The smallest absolute Gasteiger partial charge is 0.323 e. The molecule has 0 bridgehead atoms. The van der Waals surface area contributed by atoms with Crippen molar-refractivity contribution in [2.75, 3.05) is 0 Å². The zero-order valence-corrected chi connectivity index (χ0v) is 10.3. The minimum atomic E-state index is -1.26. The predicted octanol–water partition coefficient (Wildman–Crippen LogP) is 1.79. The van der Waals surface area contributed by atoms with Crippen molar-refractivity contribution in [2.45, 2.75) is 6.54 Å². The van der Waals surface area contributed by atoms with Crippen molar-refractivity contribution in [1.82, 2.24) is 9.55 Å². The molecule has 0 unspecified atom stereocenters. The van der Waals surface area contributed by atoms with Crippen molar-refractivity contribution in [3.63, 3.8) is 0 Å². The van der Waals surface area contributed by atoms with E-state index in [1.54, 1.807) is 18.2 Å². The Kier molecular flexibility index (Phi) is 3.62. The number of carbonyl (C=O) groups is 1. The van der Waals surface area contributed by atoms with E-state index in [4.69, 9.17) is 16.7 Å². The van der Waals surface area contributed by atoms with E-state index in [0.29, 0.717) is 4.57 Å². The van der Waals surface area contributed by atoms with Crippen LogP contribution in [0.2, 0.25) is 5.02 Å². The molecule has 0 radical (unpaired) electrons. The number of aromatic nitrogens is 2. The van der Waals surface area contributed by atoms with Crippen LogP contribution < -0.4 is 5.56 Å². The Morgan fingerprint density at radius 1 is 1.42 bits per heavy atom. The first-order chi connectivity index (χ1) is 9.00. The third-order valence-corrected chi connectivity index (χ3v) is 2.75. The van der Waals surface area contributed by atoms with Gasteiger partial charge in [0, 0.05) is 5.56 Å². The van der Waals surface area contributed by atoms with Gasteiger partial charge in [0.15, 0.2) is 0 Å². The van der Waals surface area contributed by atoms with Gasteiger partial charge < -0.3 is 5.11 Å². The Morgan fingerprint density at radius 2 is 2.11 bits per heavy atom. The van der Waals surface area contributed by atoms with Crippen molar-refractivity contribution in [2.24, 2.45) is 0 Å². The van der Waals surface area contributed by atoms with Crippen LogP contribution >= 0.6 is 11.6 Å². The molecule has 0 saturated heterocycles. The lowest BCUT2D eigenvalue weighted by molar-refractivity contribution is -0.137. The summed E-state index contributed by atoms with van der Waals surface area (Å²) in [6.45, 7) is -0.647. The van der Waals surface area contributed by atoms with Crippen molar-refractivity contribution in [3.05, 3.63) is 51.8 Å². The molecule has 19 heavy (non-hydrogen) atoms. The number of benzene rings is 1. The summed E-state index contributed by atoms with van der Waals surface area (Å²) in [6, 6.07) is 6.36. The van der Waals surface area contributed by atoms with Gasteiger partial charge in [0.2, 0.25) is 5.82 Å². The molecule has 0 atom stereocenters. The summed E-state index contributed by atoms with van der Waals surface area (Å²) < 4.78 is 14.6. The second-order valence-electron chi connectivity index (χ2n) is 3.71. The highest BCUT2D eigenvalue weighted by Crippen LogP contribution is 2.26. The molecule has 5 nitrogen and oxygen atoms in total. The maximum absolute atomic E-state index is 13.9. The van der Waals surface area contributed by atoms with Gasteiger partial charge in [0.1, 0.15) is 12.2 Å². The Labute approximate surface area is 111 Å². The second kappa shape index (κ2) is 5.19. The largest absolute Gasteiger partial charge is 0.480 e. The molecule has 2 aromatic rings. The summed E-state index contributed by atoms with van der Waals surface area (Å²) in [5.74, 6) is -2.38. The standard InChI is InChI=1S/C12H8ClFN2O3/c13-8-4-2-1-3-7(8)11-10(14)12(19)16(6-15-11)5-9(17)18/h1-4,6H,5H2,(H,17,18). The Bertz CT molecular complexity index is 700. The summed E-state index contributed by atoms with van der Waals surface area (Å²) in [7, 11) is 0. The number of hydrogen-bond donors (Lipinski definition) is 1. The van der Waals surface area contributed by atoms with E-state index in [1.807, 2.05) is 0 Å². The molecular formula is C12H8ClFN2O3. The van der Waals surface area contributed by atoms with Gasteiger partial charge in [0.25, 0.3) is 5.56 Å². The molecule has 1 aromatic carbocycles. The van der Waals surface area contributed by atoms with Crippen LogP contribution in [0.25, 0.3) is 11.3 Å². The molecule has 0 aliphatic rings. The zero-order valence-electron chi connectivity index (χ0n) is 9.51. The first-order valence-electron chi connectivity index (χ1n) is 5.22. The Hall–Kier alpha value is -2.21. The number of nitrogens with zero attached hydrogens (tertiary/aromatic N) is 2. The number of halogens is 2. The lowest BCUT2D eigenvalue weighted by Crippen LogP contribution is -2.27. The molecule has 1 N–H and O–H groups in total. The van der Waals surface area contributed by atoms with E-state index in [2.05, 4.69) is 4.98 Å². The molecule has 0 spiro atoms. The van der Waals surface area contributed by atoms with E-state index < -0.39 is 23.9 Å². The van der Waals surface area contributed by atoms with E-state index in [1.165, 1.54) is 6.07 Å². The number of hydrogen-bond acceptors (Lipinski definition) is 3. The van der Waals surface area contributed by atoms with Crippen LogP contribution in [0.1, 0.15) is 0 Å². The fraction of sp³-hybridized carbons (Fsp3) is 0.0833. The van der Waals surface area contributed by atoms with Gasteiger partial charge in [-0.2, -0.15) is 4.39 Å². The van der Waals surface area contributed by atoms with Crippen molar-refractivity contribution < 1.29 is 14.3 Å². The maximum atomic E-state index is 13.9. The molecule has 0 amide bonds. The SMILES string of the molecule is O=C(O)Cn1cnc(-c2ccccc2Cl)c(F)c1=O. The van der Waals surface area contributed by atoms with Crippen molar-refractivity contribution in [3.8, 4) is 11.3 Å². The van der Waals surface area contributed by atoms with Crippen LogP contribution in [0.5, 0.6) is 0 Å². The fourth-order valence-electron chi connectivity index (χ4n) is 1.56. The van der Waals surface area contributed by atoms with E-state index in [9.17, 15) is 14.0 Å². The average molecular weight is 283 g/mol. The van der Waals surface area contributed by atoms with Crippen LogP contribution in [0.4, 0.5) is 4.39 Å². The minimum Gasteiger partial charge on any atom is -0.480 e. The molecule has 7 heteroatoms. The molecule has 1 aromatic heterocycles. The quantitative estimate of drug-likeness (QED) is 0.931. The highest BCUT2D eigenvalue weighted by atomic mass is 35.5. The predicted molar refractivity (Wildman–Crippen MR) is 66.5 cm³/mol. The summed E-state index contributed by atoms with van der Waals surface area (Å²) in [6.07, 6.45) is 0.984. The first-order valence-corrected chi connectivity index (χ1v) is 5.60. The highest BCUT2D eigenvalue weighted by molar-refractivity contribution is 6.33. The Morgan fingerprint density at radius 3 is 2.74 bits per heavy atom. The number of carboxylic acids is 1. The topological polar surface area (TPSA) is 72.2 Å². The summed E-state index contributed by atoms with van der Waals surface area (Å²) >= 11 is 5.90. The van der Waals surface area contributed by atoms with Gasteiger partial charge in [-0.1, -0.05) is 29.8 Å². The molecule has 0 fully saturated rings. The summed E-state index contributed by atoms with van der Waals surface area (Å²) in [5, 5.41) is 8.84. The molecule has 0 aliphatic heterocycles. The second-order valence-corrected chi connectivity index (χ2v) is 4.12. The monoisotopic (exact) mass is 282 g/mol. The van der Waals surface area contributed by atoms with Gasteiger partial charge in [-0.25, -0.2) is 4.98 Å². The molecule has 98 valence electrons. The number of aliphatic carboxylic acids is 1. The van der Waals surface area contributed by atoms with E-state index in [0.717, 1.165) is 6.33 Å². The number of rotatable bonds is 3. The van der Waals surface area contributed by atoms with Gasteiger partial charge in [-0.05, 0) is 6.07 Å². The Balaban J connectivity index is 2.57. The van der Waals surface area contributed by atoms with Crippen molar-refractivity contribution in [1.29, 1.82) is 0 Å². The normalized spacial score (nSPS) is 10.4. The van der Waals surface area contributed by atoms with Gasteiger partial charge in [0.05, 0.1) is 11.3 Å². The van der Waals surface area contributed by atoms with Crippen LogP contribution in [0.15, 0.2) is 35.4 Å². The lowest BCUT2D eigenvalue weighted by atomic mass is 10.1. The van der Waals surface area contributed by atoms with Crippen molar-refractivity contribution >= 4 is 17.6 Å². The zero-order chi connectivity index (χ0) is 14.0. The minimum absolute atomic E-state index is 0.197. The fourth-order valence-corrected chi connectivity index (χ4v) is 1.79. The highest BCUT2D eigenvalue weighted by Gasteiger charge is 2.16. The molecule has 0 saturated carbocycles. The van der Waals surface area contributed by atoms with Gasteiger partial charge in [-0.15, -0.1) is 0 Å².